The van der Waals surface area contributed by atoms with E-state index in [1.165, 1.54) is 38.5 Å². The molecule has 0 unspecified atom stereocenters. The van der Waals surface area contributed by atoms with E-state index in [1.807, 2.05) is 6.07 Å². The topological polar surface area (TPSA) is 58.9 Å². The molecule has 1 aromatic carbocycles. The maximum Gasteiger partial charge on any atom is 0.265 e. The number of rotatable bonds is 1. The van der Waals surface area contributed by atoms with E-state index in [1.54, 1.807) is 18.2 Å². The minimum Gasteiger partial charge on any atom is -0.364 e. The molecule has 0 spiro atoms. The summed E-state index contributed by atoms with van der Waals surface area (Å²) in [4.78, 5) is 13.7. The van der Waals surface area contributed by atoms with E-state index in [9.17, 15) is 4.79 Å². The molecule has 3 N–H and O–H groups in total. The van der Waals surface area contributed by atoms with Gasteiger partial charge >= 0.3 is 0 Å². The third-order valence-electron chi connectivity index (χ3n) is 3.35. The minimum atomic E-state index is -0.465. The minimum absolute atomic E-state index is 0.400. The van der Waals surface area contributed by atoms with Crippen LogP contribution in [0.4, 0.5) is 0 Å². The van der Waals surface area contributed by atoms with Gasteiger partial charge in [0.1, 0.15) is 5.69 Å². The van der Waals surface area contributed by atoms with Crippen LogP contribution in [0.15, 0.2) is 24.3 Å². The molecule has 3 rings (SSSR count). The molecule has 1 heterocycles. The summed E-state index contributed by atoms with van der Waals surface area (Å²) in [5.41, 5.74) is 6.37. The molecule has 2 aromatic rings. The van der Waals surface area contributed by atoms with Crippen LogP contribution in [0.3, 0.4) is 0 Å². The molecule has 1 aromatic heterocycles. The molecule has 4 heteroatoms. The van der Waals surface area contributed by atoms with Gasteiger partial charge in [0.05, 0.1) is 0 Å². The fourth-order valence-corrected chi connectivity index (χ4v) is 2.48. The van der Waals surface area contributed by atoms with Gasteiger partial charge in [-0.1, -0.05) is 50.1 Å². The predicted octanol–water partition coefficient (Wildman–Crippen LogP) is 4.26. The Morgan fingerprint density at radius 3 is 2.16 bits per heavy atom. The molecule has 1 saturated carbocycles. The second kappa shape index (κ2) is 6.62. The zero-order valence-corrected chi connectivity index (χ0v) is 11.7. The summed E-state index contributed by atoms with van der Waals surface area (Å²) in [5, 5.41) is 1.53. The molecule has 3 nitrogen and oxygen atoms in total. The number of halogens is 1. The molecule has 1 aliphatic rings. The Morgan fingerprint density at radius 1 is 1.05 bits per heavy atom. The first-order valence-electron chi connectivity index (χ1n) is 6.75. The lowest BCUT2D eigenvalue weighted by atomic mass is 10.0. The fraction of sp³-hybridized carbons (Fsp3) is 0.400. The number of benzene rings is 1. The molecule has 1 amide bonds. The van der Waals surface area contributed by atoms with Crippen LogP contribution in [0.1, 0.15) is 49.0 Å². The van der Waals surface area contributed by atoms with Crippen molar-refractivity contribution in [1.82, 2.24) is 4.98 Å². The maximum atomic E-state index is 10.8. The third-order valence-corrected chi connectivity index (χ3v) is 3.58. The van der Waals surface area contributed by atoms with Crippen LogP contribution in [0.25, 0.3) is 10.9 Å². The normalized spacial score (nSPS) is 14.8. The second-order valence-corrected chi connectivity index (χ2v) is 5.34. The van der Waals surface area contributed by atoms with Crippen LogP contribution < -0.4 is 5.73 Å². The summed E-state index contributed by atoms with van der Waals surface area (Å²) in [5.74, 6) is -0.465. The van der Waals surface area contributed by atoms with Gasteiger partial charge in [-0.2, -0.15) is 0 Å². The number of aromatic nitrogens is 1. The van der Waals surface area contributed by atoms with Crippen LogP contribution in [0, 0.1) is 0 Å². The van der Waals surface area contributed by atoms with Gasteiger partial charge in [0, 0.05) is 15.9 Å². The summed E-state index contributed by atoms with van der Waals surface area (Å²) in [6.07, 6.45) is 9.00. The number of carbonyl (C=O) groups excluding carboxylic acids is 1. The summed E-state index contributed by atoms with van der Waals surface area (Å²) in [6.45, 7) is 0. The molecule has 19 heavy (non-hydrogen) atoms. The fourth-order valence-electron chi connectivity index (χ4n) is 2.30. The number of aromatic amines is 1. The SMILES string of the molecule is C1CCCCC1.NC(=O)c1cc2cc(Cl)ccc2[nH]1. The Labute approximate surface area is 118 Å². The highest BCUT2D eigenvalue weighted by atomic mass is 35.5. The van der Waals surface area contributed by atoms with Gasteiger partial charge in [-0.3, -0.25) is 4.79 Å². The Morgan fingerprint density at radius 2 is 1.63 bits per heavy atom. The van der Waals surface area contributed by atoms with Gasteiger partial charge in [-0.05, 0) is 24.3 Å². The summed E-state index contributed by atoms with van der Waals surface area (Å²) in [6, 6.07) is 7.03. The number of amides is 1. The largest absolute Gasteiger partial charge is 0.364 e. The zero-order chi connectivity index (χ0) is 13.7. The van der Waals surface area contributed by atoms with Crippen molar-refractivity contribution in [1.29, 1.82) is 0 Å². The number of hydrogen-bond acceptors (Lipinski definition) is 1. The molecular weight excluding hydrogens is 260 g/mol. The quantitative estimate of drug-likeness (QED) is 0.804. The first kappa shape index (κ1) is 13.9. The molecule has 102 valence electrons. The van der Waals surface area contributed by atoms with Gasteiger partial charge in [0.2, 0.25) is 0 Å². The number of nitrogens with two attached hydrogens (primary N) is 1. The summed E-state index contributed by atoms with van der Waals surface area (Å²) < 4.78 is 0. The summed E-state index contributed by atoms with van der Waals surface area (Å²) in [7, 11) is 0. The Hall–Kier alpha value is -1.48. The molecular formula is C15H19ClN2O. The number of carbonyl (C=O) groups is 1. The smallest absolute Gasteiger partial charge is 0.265 e. The Bertz CT molecular complexity index is 547. The van der Waals surface area contributed by atoms with Gasteiger partial charge in [0.15, 0.2) is 0 Å². The first-order chi connectivity index (χ1) is 9.16. The van der Waals surface area contributed by atoms with Crippen LogP contribution in [0.2, 0.25) is 5.02 Å². The van der Waals surface area contributed by atoms with Crippen molar-refractivity contribution in [3.63, 3.8) is 0 Å². The van der Waals surface area contributed by atoms with Crippen LogP contribution in [-0.4, -0.2) is 10.9 Å². The van der Waals surface area contributed by atoms with Gasteiger partial charge in [-0.15, -0.1) is 0 Å². The van der Waals surface area contributed by atoms with E-state index in [4.69, 9.17) is 17.3 Å². The standard InChI is InChI=1S/C9H7ClN2O.C6H12/c10-6-1-2-7-5(3-6)4-8(12-7)9(11)13;1-2-4-6-5-3-1/h1-4,12H,(H2,11,13);1-6H2. The van der Waals surface area contributed by atoms with E-state index < -0.39 is 5.91 Å². The lowest BCUT2D eigenvalue weighted by molar-refractivity contribution is 0.0996. The molecule has 0 bridgehead atoms. The second-order valence-electron chi connectivity index (χ2n) is 4.90. The van der Waals surface area contributed by atoms with Crippen LogP contribution >= 0.6 is 11.6 Å². The van der Waals surface area contributed by atoms with Gasteiger partial charge in [-0.25, -0.2) is 0 Å². The molecule has 1 fully saturated rings. The van der Waals surface area contributed by atoms with E-state index >= 15 is 0 Å². The van der Waals surface area contributed by atoms with Crippen molar-refractivity contribution in [3.8, 4) is 0 Å². The van der Waals surface area contributed by atoms with Crippen molar-refractivity contribution in [2.75, 3.05) is 0 Å². The molecule has 1 aliphatic carbocycles. The van der Waals surface area contributed by atoms with Crippen molar-refractivity contribution in [2.45, 2.75) is 38.5 Å². The van der Waals surface area contributed by atoms with Gasteiger partial charge in [0.25, 0.3) is 5.91 Å². The lowest BCUT2D eigenvalue weighted by Crippen LogP contribution is -2.10. The molecule has 0 radical (unpaired) electrons. The zero-order valence-electron chi connectivity index (χ0n) is 10.9. The first-order valence-corrected chi connectivity index (χ1v) is 7.13. The Kier molecular flexibility index (Phi) is 4.86. The summed E-state index contributed by atoms with van der Waals surface area (Å²) >= 11 is 5.78. The van der Waals surface area contributed by atoms with E-state index in [2.05, 4.69) is 4.98 Å². The van der Waals surface area contributed by atoms with E-state index in [-0.39, 0.29) is 0 Å². The molecule has 0 saturated heterocycles. The number of fused-ring (bicyclic) bond motifs is 1. The van der Waals surface area contributed by atoms with Crippen molar-refractivity contribution < 1.29 is 4.79 Å². The lowest BCUT2D eigenvalue weighted by Gasteiger charge is -2.05. The van der Waals surface area contributed by atoms with Crippen molar-refractivity contribution >= 4 is 28.4 Å². The van der Waals surface area contributed by atoms with Crippen LogP contribution in [0.5, 0.6) is 0 Å². The number of nitrogens with one attached hydrogen (secondary N) is 1. The Balaban J connectivity index is 0.000000186. The highest BCUT2D eigenvalue weighted by molar-refractivity contribution is 6.31. The highest BCUT2D eigenvalue weighted by Crippen LogP contribution is 2.19. The monoisotopic (exact) mass is 278 g/mol. The average Bonchev–Trinajstić information content (AvgIpc) is 2.84. The van der Waals surface area contributed by atoms with E-state index in [0.717, 1.165) is 10.9 Å². The third kappa shape index (κ3) is 4.00. The maximum absolute atomic E-state index is 10.8. The predicted molar refractivity (Wildman–Crippen MR) is 79.5 cm³/mol. The highest BCUT2D eigenvalue weighted by Gasteiger charge is 2.04. The van der Waals surface area contributed by atoms with Gasteiger partial charge < -0.3 is 10.7 Å². The van der Waals surface area contributed by atoms with E-state index in [0.29, 0.717) is 10.7 Å². The van der Waals surface area contributed by atoms with Crippen molar-refractivity contribution in [2.24, 2.45) is 5.73 Å². The molecule has 0 aliphatic heterocycles. The van der Waals surface area contributed by atoms with Crippen molar-refractivity contribution in [3.05, 3.63) is 35.0 Å². The van der Waals surface area contributed by atoms with Crippen LogP contribution in [-0.2, 0) is 0 Å². The molecule has 0 atom stereocenters. The average molecular weight is 279 g/mol. The number of primary amides is 1. The number of hydrogen-bond donors (Lipinski definition) is 2. The number of H-pyrrole nitrogens is 1.